The fraction of sp³-hybridized carbons (Fsp3) is 0.318. The Morgan fingerprint density at radius 2 is 1.76 bits per heavy atom. The number of benzene rings is 2. The standard InChI is InChI=1S/C22H22BrNO/c23-16-11-12-18-19(14-16)21(24-17-9-5-2-6-10-17)20(22(18)25)13-15-7-3-1-4-8-15/h1,3-4,7-8,11-14,17,21,24H,2,5-6,9-10H2/b20-13+. The number of nitrogens with one attached hydrogen (secondary N) is 1. The highest BCUT2D eigenvalue weighted by molar-refractivity contribution is 9.10. The minimum absolute atomic E-state index is 0.0108. The lowest BCUT2D eigenvalue weighted by atomic mass is 9.93. The summed E-state index contributed by atoms with van der Waals surface area (Å²) in [5.41, 5.74) is 3.88. The van der Waals surface area contributed by atoms with Crippen molar-refractivity contribution in [3.63, 3.8) is 0 Å². The normalized spacial score (nSPS) is 22.4. The molecule has 0 heterocycles. The zero-order chi connectivity index (χ0) is 17.2. The van der Waals surface area contributed by atoms with E-state index >= 15 is 0 Å². The quantitative estimate of drug-likeness (QED) is 0.675. The average Bonchev–Trinajstić information content (AvgIpc) is 2.89. The van der Waals surface area contributed by atoms with Crippen molar-refractivity contribution in [1.29, 1.82) is 0 Å². The van der Waals surface area contributed by atoms with Crippen molar-refractivity contribution < 1.29 is 4.79 Å². The predicted octanol–water partition coefficient (Wildman–Crippen LogP) is 5.69. The zero-order valence-corrected chi connectivity index (χ0v) is 15.8. The third kappa shape index (κ3) is 3.49. The first-order valence-electron chi connectivity index (χ1n) is 9.09. The molecule has 2 aliphatic rings. The number of ketones is 1. The van der Waals surface area contributed by atoms with Gasteiger partial charge in [0, 0.05) is 21.7 Å². The molecule has 1 fully saturated rings. The van der Waals surface area contributed by atoms with Crippen molar-refractivity contribution in [2.75, 3.05) is 0 Å². The highest BCUT2D eigenvalue weighted by atomic mass is 79.9. The maximum Gasteiger partial charge on any atom is 0.191 e. The summed E-state index contributed by atoms with van der Waals surface area (Å²) in [6, 6.07) is 16.6. The molecule has 25 heavy (non-hydrogen) atoms. The number of carbonyl (C=O) groups excluding carboxylic acids is 1. The van der Waals surface area contributed by atoms with Crippen molar-refractivity contribution >= 4 is 27.8 Å². The topological polar surface area (TPSA) is 29.1 Å². The number of Topliss-reactive ketones (excluding diaryl/α,β-unsaturated/α-hetero) is 1. The van der Waals surface area contributed by atoms with Crippen LogP contribution in [0.15, 0.2) is 58.6 Å². The largest absolute Gasteiger partial charge is 0.303 e. The number of hydrogen-bond donors (Lipinski definition) is 1. The Bertz CT molecular complexity index is 806. The van der Waals surface area contributed by atoms with Gasteiger partial charge in [0.2, 0.25) is 0 Å². The van der Waals surface area contributed by atoms with Crippen molar-refractivity contribution in [2.45, 2.75) is 44.2 Å². The van der Waals surface area contributed by atoms with Crippen LogP contribution in [0.5, 0.6) is 0 Å². The minimum Gasteiger partial charge on any atom is -0.303 e. The molecule has 0 bridgehead atoms. The van der Waals surface area contributed by atoms with E-state index in [4.69, 9.17) is 0 Å². The lowest BCUT2D eigenvalue weighted by molar-refractivity contribution is 0.103. The van der Waals surface area contributed by atoms with Gasteiger partial charge >= 0.3 is 0 Å². The van der Waals surface area contributed by atoms with E-state index in [1.54, 1.807) is 0 Å². The molecule has 2 aromatic rings. The molecule has 128 valence electrons. The fourth-order valence-corrected chi connectivity index (χ4v) is 4.37. The van der Waals surface area contributed by atoms with E-state index in [0.29, 0.717) is 6.04 Å². The first-order valence-corrected chi connectivity index (χ1v) is 9.88. The van der Waals surface area contributed by atoms with Crippen molar-refractivity contribution in [3.8, 4) is 0 Å². The average molecular weight is 396 g/mol. The fourth-order valence-electron chi connectivity index (χ4n) is 4.00. The van der Waals surface area contributed by atoms with E-state index in [2.05, 4.69) is 45.5 Å². The molecule has 0 radical (unpaired) electrons. The summed E-state index contributed by atoms with van der Waals surface area (Å²) in [5, 5.41) is 3.79. The molecule has 0 amide bonds. The molecule has 1 N–H and O–H groups in total. The van der Waals surface area contributed by atoms with Gasteiger partial charge in [0.1, 0.15) is 0 Å². The first-order chi connectivity index (χ1) is 12.2. The summed E-state index contributed by atoms with van der Waals surface area (Å²) < 4.78 is 1.02. The second-order valence-electron chi connectivity index (χ2n) is 7.01. The molecular weight excluding hydrogens is 374 g/mol. The van der Waals surface area contributed by atoms with Crippen LogP contribution in [0.25, 0.3) is 6.08 Å². The Balaban J connectivity index is 1.73. The van der Waals surface area contributed by atoms with Crippen LogP contribution in [-0.4, -0.2) is 11.8 Å². The Morgan fingerprint density at radius 1 is 1.00 bits per heavy atom. The van der Waals surface area contributed by atoms with Crippen LogP contribution < -0.4 is 5.32 Å². The molecule has 1 unspecified atom stereocenters. The van der Waals surface area contributed by atoms with Crippen LogP contribution in [0.4, 0.5) is 0 Å². The van der Waals surface area contributed by atoms with E-state index in [9.17, 15) is 4.79 Å². The first kappa shape index (κ1) is 16.7. The monoisotopic (exact) mass is 395 g/mol. The van der Waals surface area contributed by atoms with Crippen LogP contribution in [0, 0.1) is 0 Å². The van der Waals surface area contributed by atoms with E-state index < -0.39 is 0 Å². The summed E-state index contributed by atoms with van der Waals surface area (Å²) >= 11 is 3.57. The Hall–Kier alpha value is -1.71. The van der Waals surface area contributed by atoms with Crippen molar-refractivity contribution in [2.24, 2.45) is 0 Å². The van der Waals surface area contributed by atoms with E-state index in [0.717, 1.165) is 26.7 Å². The Labute approximate surface area is 157 Å². The van der Waals surface area contributed by atoms with Gasteiger partial charge in [-0.25, -0.2) is 0 Å². The Morgan fingerprint density at radius 3 is 2.52 bits per heavy atom. The van der Waals surface area contributed by atoms with Gasteiger partial charge in [-0.05, 0) is 48.2 Å². The maximum absolute atomic E-state index is 13.0. The number of fused-ring (bicyclic) bond motifs is 1. The van der Waals surface area contributed by atoms with Gasteiger partial charge in [0.05, 0.1) is 6.04 Å². The molecule has 1 saturated carbocycles. The molecule has 0 aromatic heterocycles. The summed E-state index contributed by atoms with van der Waals surface area (Å²) in [6.07, 6.45) is 8.34. The van der Waals surface area contributed by atoms with Crippen LogP contribution in [0.1, 0.15) is 59.6 Å². The molecule has 4 rings (SSSR count). The summed E-state index contributed by atoms with van der Waals surface area (Å²) in [7, 11) is 0. The molecule has 2 aliphatic carbocycles. The Kier molecular flexibility index (Phi) is 4.87. The van der Waals surface area contributed by atoms with Crippen LogP contribution in [0.3, 0.4) is 0 Å². The van der Waals surface area contributed by atoms with Crippen LogP contribution >= 0.6 is 15.9 Å². The molecule has 0 saturated heterocycles. The summed E-state index contributed by atoms with van der Waals surface area (Å²) in [4.78, 5) is 13.0. The zero-order valence-electron chi connectivity index (χ0n) is 14.2. The molecule has 2 nitrogen and oxygen atoms in total. The molecule has 1 atom stereocenters. The molecule has 2 aromatic carbocycles. The van der Waals surface area contributed by atoms with Crippen LogP contribution in [-0.2, 0) is 0 Å². The number of rotatable bonds is 3. The number of halogens is 1. The summed E-state index contributed by atoms with van der Waals surface area (Å²) in [6.45, 7) is 0. The van der Waals surface area contributed by atoms with Crippen molar-refractivity contribution in [3.05, 3.63) is 75.3 Å². The summed E-state index contributed by atoms with van der Waals surface area (Å²) in [5.74, 6) is 0.152. The van der Waals surface area contributed by atoms with Gasteiger partial charge < -0.3 is 5.32 Å². The highest BCUT2D eigenvalue weighted by Crippen LogP contribution is 2.39. The second-order valence-corrected chi connectivity index (χ2v) is 7.92. The minimum atomic E-state index is -0.0108. The van der Waals surface area contributed by atoms with Gasteiger partial charge in [-0.3, -0.25) is 4.79 Å². The van der Waals surface area contributed by atoms with Gasteiger partial charge in [0.15, 0.2) is 5.78 Å². The number of hydrogen-bond acceptors (Lipinski definition) is 2. The highest BCUT2D eigenvalue weighted by Gasteiger charge is 2.35. The molecular formula is C22H22BrNO. The van der Waals surface area contributed by atoms with E-state index in [1.165, 1.54) is 32.1 Å². The van der Waals surface area contributed by atoms with Gasteiger partial charge in [-0.2, -0.15) is 0 Å². The van der Waals surface area contributed by atoms with Gasteiger partial charge in [0.25, 0.3) is 0 Å². The third-order valence-electron chi connectivity index (χ3n) is 5.27. The maximum atomic E-state index is 13.0. The third-order valence-corrected chi connectivity index (χ3v) is 5.76. The van der Waals surface area contributed by atoms with E-state index in [-0.39, 0.29) is 11.8 Å². The molecule has 3 heteroatoms. The SMILES string of the molecule is O=C1/C(=C/c2ccccc2)C(NC2CCCCC2)c2cc(Br)ccc21. The van der Waals surface area contributed by atoms with Gasteiger partial charge in [-0.1, -0.05) is 65.5 Å². The predicted molar refractivity (Wildman–Crippen MR) is 106 cm³/mol. The lowest BCUT2D eigenvalue weighted by Gasteiger charge is -2.27. The molecule has 0 aliphatic heterocycles. The smallest absolute Gasteiger partial charge is 0.191 e. The van der Waals surface area contributed by atoms with Crippen LogP contribution in [0.2, 0.25) is 0 Å². The van der Waals surface area contributed by atoms with Gasteiger partial charge in [-0.15, -0.1) is 0 Å². The number of carbonyl (C=O) groups is 1. The van der Waals surface area contributed by atoms with E-state index in [1.807, 2.05) is 30.3 Å². The lowest BCUT2D eigenvalue weighted by Crippen LogP contribution is -2.34. The molecule has 0 spiro atoms. The van der Waals surface area contributed by atoms with Crippen molar-refractivity contribution in [1.82, 2.24) is 5.32 Å². The second kappa shape index (κ2) is 7.27.